The van der Waals surface area contributed by atoms with Crippen molar-refractivity contribution in [2.75, 3.05) is 13.7 Å². The number of halogens is 1. The highest BCUT2D eigenvalue weighted by Gasteiger charge is 2.11. The van der Waals surface area contributed by atoms with Crippen molar-refractivity contribution in [3.63, 3.8) is 0 Å². The summed E-state index contributed by atoms with van der Waals surface area (Å²) in [4.78, 5) is 23.9. The van der Waals surface area contributed by atoms with Gasteiger partial charge in [0.2, 0.25) is 5.91 Å². The Morgan fingerprint density at radius 1 is 1.10 bits per heavy atom. The monoisotopic (exact) mass is 396 g/mol. The lowest BCUT2D eigenvalue weighted by Crippen LogP contribution is -2.26. The van der Waals surface area contributed by atoms with Gasteiger partial charge in [-0.2, -0.15) is 0 Å². The van der Waals surface area contributed by atoms with Gasteiger partial charge in [-0.15, -0.1) is 0 Å². The Balaban J connectivity index is 1.43. The van der Waals surface area contributed by atoms with Crippen LogP contribution in [0.25, 0.3) is 11.3 Å². The van der Waals surface area contributed by atoms with Crippen LogP contribution >= 0.6 is 0 Å². The summed E-state index contributed by atoms with van der Waals surface area (Å²) in [6.07, 6.45) is 0.649. The molecule has 6 nitrogen and oxygen atoms in total. The van der Waals surface area contributed by atoms with Crippen LogP contribution < -0.4 is 10.1 Å². The Morgan fingerprint density at radius 2 is 1.90 bits per heavy atom. The maximum Gasteiger partial charge on any atom is 0.220 e. The number of hydrogen-bond donors (Lipinski definition) is 1. The predicted octanol–water partition coefficient (Wildman–Crippen LogP) is 3.81. The minimum atomic E-state index is -0.401. The summed E-state index contributed by atoms with van der Waals surface area (Å²) in [5, 5.41) is 6.78. The van der Waals surface area contributed by atoms with Gasteiger partial charge < -0.3 is 14.6 Å². The van der Waals surface area contributed by atoms with E-state index < -0.39 is 5.82 Å². The van der Waals surface area contributed by atoms with E-state index >= 15 is 0 Å². The summed E-state index contributed by atoms with van der Waals surface area (Å²) >= 11 is 0. The number of benzene rings is 2. The standard InChI is InChI=1S/C22H21FN2O4/c1-28-19-4-2-3-16(13-19)21-14-18(25-29-21)11-12-24-22(27)10-9-20(26)15-5-7-17(23)8-6-15/h2-8,13-14H,9-12H2,1H3,(H,24,27). The molecule has 0 saturated heterocycles. The third-order valence-electron chi connectivity index (χ3n) is 4.36. The van der Waals surface area contributed by atoms with E-state index in [1.54, 1.807) is 7.11 Å². The molecule has 29 heavy (non-hydrogen) atoms. The Morgan fingerprint density at radius 3 is 2.66 bits per heavy atom. The van der Waals surface area contributed by atoms with Crippen LogP contribution in [0.1, 0.15) is 28.9 Å². The molecule has 0 aliphatic heterocycles. The van der Waals surface area contributed by atoms with E-state index in [9.17, 15) is 14.0 Å². The van der Waals surface area contributed by atoms with Crippen molar-refractivity contribution in [3.05, 3.63) is 71.7 Å². The molecule has 0 radical (unpaired) electrons. The second-order valence-electron chi connectivity index (χ2n) is 6.44. The molecule has 7 heteroatoms. The number of Topliss-reactive ketones (excluding diaryl/α,β-unsaturated/α-hetero) is 1. The fourth-order valence-electron chi connectivity index (χ4n) is 2.77. The highest BCUT2D eigenvalue weighted by atomic mass is 19.1. The molecule has 150 valence electrons. The number of nitrogens with one attached hydrogen (secondary N) is 1. The van der Waals surface area contributed by atoms with Gasteiger partial charge in [0.25, 0.3) is 0 Å². The molecule has 1 aromatic heterocycles. The number of aromatic nitrogens is 1. The van der Waals surface area contributed by atoms with Gasteiger partial charge in [-0.3, -0.25) is 9.59 Å². The molecule has 0 unspecified atom stereocenters. The maximum absolute atomic E-state index is 12.9. The molecule has 0 saturated carbocycles. The van der Waals surface area contributed by atoms with E-state index in [0.29, 0.717) is 30.0 Å². The second-order valence-corrected chi connectivity index (χ2v) is 6.44. The molecule has 0 spiro atoms. The number of methoxy groups -OCH3 is 1. The first kappa shape index (κ1) is 20.3. The zero-order valence-electron chi connectivity index (χ0n) is 16.0. The van der Waals surface area contributed by atoms with Crippen LogP contribution in [0.3, 0.4) is 0 Å². The highest BCUT2D eigenvalue weighted by Crippen LogP contribution is 2.24. The Bertz CT molecular complexity index is 982. The average Bonchev–Trinajstić information content (AvgIpc) is 3.21. The van der Waals surface area contributed by atoms with E-state index in [2.05, 4.69) is 10.5 Å². The SMILES string of the molecule is COc1cccc(-c2cc(CCNC(=O)CCC(=O)c3ccc(F)cc3)no2)c1. The van der Waals surface area contributed by atoms with Crippen molar-refractivity contribution in [2.24, 2.45) is 0 Å². The van der Waals surface area contributed by atoms with E-state index in [1.165, 1.54) is 24.3 Å². The van der Waals surface area contributed by atoms with Gasteiger partial charge in [-0.1, -0.05) is 17.3 Å². The van der Waals surface area contributed by atoms with Crippen LogP contribution in [0, 0.1) is 5.82 Å². The lowest BCUT2D eigenvalue weighted by atomic mass is 10.1. The summed E-state index contributed by atoms with van der Waals surface area (Å²) in [7, 11) is 1.60. The predicted molar refractivity (Wildman–Crippen MR) is 105 cm³/mol. The Labute approximate surface area is 167 Å². The van der Waals surface area contributed by atoms with E-state index in [-0.39, 0.29) is 24.5 Å². The maximum atomic E-state index is 12.9. The first-order valence-electron chi connectivity index (χ1n) is 9.20. The topological polar surface area (TPSA) is 81.4 Å². The number of ether oxygens (including phenoxy) is 1. The van der Waals surface area contributed by atoms with Crippen molar-refractivity contribution >= 4 is 11.7 Å². The molecular formula is C22H21FN2O4. The summed E-state index contributed by atoms with van der Waals surface area (Å²) in [6.45, 7) is 0.383. The summed E-state index contributed by atoms with van der Waals surface area (Å²) in [5.41, 5.74) is 1.96. The largest absolute Gasteiger partial charge is 0.497 e. The average molecular weight is 396 g/mol. The molecule has 0 atom stereocenters. The van der Waals surface area contributed by atoms with Crippen LogP contribution in [0.2, 0.25) is 0 Å². The Kier molecular flexibility index (Phi) is 6.73. The van der Waals surface area contributed by atoms with Gasteiger partial charge in [0, 0.05) is 43.0 Å². The van der Waals surface area contributed by atoms with Crippen LogP contribution in [0.5, 0.6) is 5.75 Å². The van der Waals surface area contributed by atoms with Crippen LogP contribution in [0.15, 0.2) is 59.1 Å². The number of amides is 1. The number of rotatable bonds is 9. The number of nitrogens with zero attached hydrogens (tertiary/aromatic N) is 1. The molecule has 1 amide bonds. The van der Waals surface area contributed by atoms with E-state index in [4.69, 9.17) is 9.26 Å². The molecule has 0 bridgehead atoms. The molecule has 3 rings (SSSR count). The lowest BCUT2D eigenvalue weighted by molar-refractivity contribution is -0.121. The van der Waals surface area contributed by atoms with Gasteiger partial charge >= 0.3 is 0 Å². The highest BCUT2D eigenvalue weighted by molar-refractivity contribution is 5.97. The van der Waals surface area contributed by atoms with Crippen LogP contribution in [0.4, 0.5) is 4.39 Å². The van der Waals surface area contributed by atoms with E-state index in [0.717, 1.165) is 11.3 Å². The lowest BCUT2D eigenvalue weighted by Gasteiger charge is -2.04. The third kappa shape index (κ3) is 5.75. The molecule has 3 aromatic rings. The second kappa shape index (κ2) is 9.64. The minimum Gasteiger partial charge on any atom is -0.497 e. The van der Waals surface area contributed by atoms with Crippen LogP contribution in [-0.4, -0.2) is 30.5 Å². The molecule has 1 N–H and O–H groups in total. The Hall–Kier alpha value is -3.48. The minimum absolute atomic E-state index is 0.0708. The van der Waals surface area contributed by atoms with Crippen molar-refractivity contribution < 1.29 is 23.2 Å². The molecule has 0 fully saturated rings. The van der Waals surface area contributed by atoms with Gasteiger partial charge in [0.15, 0.2) is 11.5 Å². The first-order chi connectivity index (χ1) is 14.0. The van der Waals surface area contributed by atoms with E-state index in [1.807, 2.05) is 30.3 Å². The zero-order valence-corrected chi connectivity index (χ0v) is 16.0. The summed E-state index contributed by atoms with van der Waals surface area (Å²) < 4.78 is 23.4. The number of carbonyl (C=O) groups excluding carboxylic acids is 2. The van der Waals surface area contributed by atoms with Crippen molar-refractivity contribution in [2.45, 2.75) is 19.3 Å². The molecule has 2 aromatic carbocycles. The zero-order chi connectivity index (χ0) is 20.6. The fraction of sp³-hybridized carbons (Fsp3) is 0.227. The normalized spacial score (nSPS) is 10.6. The molecule has 0 aliphatic carbocycles. The van der Waals surface area contributed by atoms with Gasteiger partial charge in [0.05, 0.1) is 12.8 Å². The third-order valence-corrected chi connectivity index (χ3v) is 4.36. The van der Waals surface area contributed by atoms with Crippen molar-refractivity contribution in [3.8, 4) is 17.1 Å². The fourth-order valence-corrected chi connectivity index (χ4v) is 2.77. The summed E-state index contributed by atoms with van der Waals surface area (Å²) in [6, 6.07) is 14.6. The molecule has 1 heterocycles. The van der Waals surface area contributed by atoms with Gasteiger partial charge in [-0.05, 0) is 36.4 Å². The first-order valence-corrected chi connectivity index (χ1v) is 9.20. The number of hydrogen-bond acceptors (Lipinski definition) is 5. The van der Waals surface area contributed by atoms with Crippen molar-refractivity contribution in [1.29, 1.82) is 0 Å². The quantitative estimate of drug-likeness (QED) is 0.556. The van der Waals surface area contributed by atoms with Gasteiger partial charge in [0.1, 0.15) is 11.6 Å². The summed E-state index contributed by atoms with van der Waals surface area (Å²) in [5.74, 6) is 0.524. The smallest absolute Gasteiger partial charge is 0.220 e. The molecular weight excluding hydrogens is 375 g/mol. The van der Waals surface area contributed by atoms with Crippen LogP contribution in [-0.2, 0) is 11.2 Å². The number of ketones is 1. The van der Waals surface area contributed by atoms with Crippen molar-refractivity contribution in [1.82, 2.24) is 10.5 Å². The number of carbonyl (C=O) groups is 2. The molecule has 0 aliphatic rings. The van der Waals surface area contributed by atoms with Gasteiger partial charge in [-0.25, -0.2) is 4.39 Å².